The Labute approximate surface area is 172 Å². The van der Waals surface area contributed by atoms with E-state index in [0.29, 0.717) is 11.8 Å². The SMILES string of the molecule is CC(C)c1cccc(C(C)C)c1[N+]1=CC(C)(C)CC1(C)C.O=S(=O)([O-])C(F)(F)F. The van der Waals surface area contributed by atoms with Crippen molar-refractivity contribution in [3.05, 3.63) is 29.3 Å². The van der Waals surface area contributed by atoms with Crippen molar-refractivity contribution in [3.8, 4) is 0 Å². The maximum atomic E-state index is 10.7. The van der Waals surface area contributed by atoms with Crippen molar-refractivity contribution < 1.29 is 30.7 Å². The number of hydrogen-bond acceptors (Lipinski definition) is 3. The maximum absolute atomic E-state index is 10.7. The molecule has 0 saturated heterocycles. The van der Waals surface area contributed by atoms with Crippen LogP contribution in [-0.4, -0.2) is 34.8 Å². The topological polar surface area (TPSA) is 60.2 Å². The first-order chi connectivity index (χ1) is 12.8. The standard InChI is InChI=1S/C20H32N.CHF3O3S/c1-14(2)16-10-9-11-17(15(3)4)18(16)21-13-19(5,6)12-20(21,7)8;2-1(3,4)8(5,6)7/h9-11,13-15H,12H2,1-8H3;(H,5,6,7)/q+1;/p-1. The van der Waals surface area contributed by atoms with E-state index in [1.807, 2.05) is 0 Å². The highest BCUT2D eigenvalue weighted by Gasteiger charge is 2.47. The van der Waals surface area contributed by atoms with Crippen LogP contribution in [0.1, 0.15) is 84.8 Å². The van der Waals surface area contributed by atoms with Gasteiger partial charge in [0.05, 0.1) is 0 Å². The first-order valence-electron chi connectivity index (χ1n) is 9.60. The molecule has 2 rings (SSSR count). The van der Waals surface area contributed by atoms with E-state index in [2.05, 4.69) is 84.4 Å². The summed E-state index contributed by atoms with van der Waals surface area (Å²) >= 11 is 0. The van der Waals surface area contributed by atoms with Crippen molar-refractivity contribution in [2.24, 2.45) is 5.41 Å². The second kappa shape index (κ2) is 8.38. The molecule has 0 atom stereocenters. The smallest absolute Gasteiger partial charge is 0.485 e. The van der Waals surface area contributed by atoms with Crippen LogP contribution in [0.2, 0.25) is 0 Å². The lowest BCUT2D eigenvalue weighted by molar-refractivity contribution is -0.513. The molecule has 0 aliphatic carbocycles. The molecule has 1 aliphatic heterocycles. The van der Waals surface area contributed by atoms with Gasteiger partial charge < -0.3 is 4.55 Å². The Balaban J connectivity index is 0.000000447. The number of para-hydroxylation sites is 1. The van der Waals surface area contributed by atoms with Crippen LogP contribution in [0.25, 0.3) is 0 Å². The minimum atomic E-state index is -6.09. The Morgan fingerprint density at radius 3 is 1.62 bits per heavy atom. The summed E-state index contributed by atoms with van der Waals surface area (Å²) in [6, 6.07) is 6.84. The lowest BCUT2D eigenvalue weighted by Gasteiger charge is -2.23. The average Bonchev–Trinajstić information content (AvgIpc) is 2.72. The molecule has 4 nitrogen and oxygen atoms in total. The summed E-state index contributed by atoms with van der Waals surface area (Å²) in [4.78, 5) is 0. The zero-order chi connectivity index (χ0) is 23.0. The van der Waals surface area contributed by atoms with Crippen molar-refractivity contribution in [1.29, 1.82) is 0 Å². The van der Waals surface area contributed by atoms with Gasteiger partial charge in [-0.2, -0.15) is 17.7 Å². The van der Waals surface area contributed by atoms with Crippen molar-refractivity contribution in [2.75, 3.05) is 0 Å². The summed E-state index contributed by atoms with van der Waals surface area (Å²) in [6.07, 6.45) is 3.66. The normalized spacial score (nSPS) is 18.5. The van der Waals surface area contributed by atoms with Gasteiger partial charge in [0.15, 0.2) is 21.9 Å². The molecule has 8 heteroatoms. The van der Waals surface area contributed by atoms with Gasteiger partial charge in [-0.15, -0.1) is 0 Å². The fraction of sp³-hybridized carbons (Fsp3) is 0.667. The van der Waals surface area contributed by atoms with Crippen LogP contribution in [-0.2, 0) is 10.1 Å². The molecule has 0 spiro atoms. The fourth-order valence-electron chi connectivity index (χ4n) is 3.93. The Morgan fingerprint density at radius 1 is 1.00 bits per heavy atom. The largest absolute Gasteiger partial charge is 0.741 e. The van der Waals surface area contributed by atoms with E-state index in [0.717, 1.165) is 0 Å². The number of rotatable bonds is 3. The van der Waals surface area contributed by atoms with Crippen LogP contribution in [0.5, 0.6) is 0 Å². The van der Waals surface area contributed by atoms with Gasteiger partial charge in [-0.05, 0) is 11.8 Å². The van der Waals surface area contributed by atoms with Crippen LogP contribution in [0.15, 0.2) is 18.2 Å². The van der Waals surface area contributed by atoms with Crippen molar-refractivity contribution in [2.45, 2.75) is 84.7 Å². The molecule has 0 bridgehead atoms. The third-order valence-electron chi connectivity index (χ3n) is 4.89. The second-order valence-electron chi connectivity index (χ2n) is 9.47. The van der Waals surface area contributed by atoms with Gasteiger partial charge in [-0.1, -0.05) is 59.7 Å². The van der Waals surface area contributed by atoms with Crippen LogP contribution >= 0.6 is 0 Å². The molecule has 0 radical (unpaired) electrons. The zero-order valence-electron chi connectivity index (χ0n) is 18.4. The van der Waals surface area contributed by atoms with Crippen LogP contribution in [0, 0.1) is 5.41 Å². The molecule has 0 fully saturated rings. The Bertz CT molecular complexity index is 841. The van der Waals surface area contributed by atoms with Crippen LogP contribution < -0.4 is 0 Å². The first-order valence-corrected chi connectivity index (χ1v) is 11.0. The minimum absolute atomic E-state index is 0.179. The van der Waals surface area contributed by atoms with E-state index >= 15 is 0 Å². The Morgan fingerprint density at radius 2 is 1.38 bits per heavy atom. The molecular formula is C21H32F3NO3S. The molecule has 0 unspecified atom stereocenters. The summed E-state index contributed by atoms with van der Waals surface area (Å²) in [5.41, 5.74) is -0.794. The highest BCUT2D eigenvalue weighted by Crippen LogP contribution is 2.43. The summed E-state index contributed by atoms with van der Waals surface area (Å²) in [6.45, 7) is 18.7. The number of alkyl halides is 3. The highest BCUT2D eigenvalue weighted by molar-refractivity contribution is 7.86. The number of nitrogens with zero attached hydrogens (tertiary/aromatic N) is 1. The predicted octanol–water partition coefficient (Wildman–Crippen LogP) is 5.91. The van der Waals surface area contributed by atoms with E-state index in [9.17, 15) is 13.2 Å². The molecule has 0 aromatic heterocycles. The quantitative estimate of drug-likeness (QED) is 0.337. The minimum Gasteiger partial charge on any atom is -0.741 e. The second-order valence-corrected chi connectivity index (χ2v) is 10.8. The van der Waals surface area contributed by atoms with Gasteiger partial charge in [0.1, 0.15) is 0 Å². The molecular weight excluding hydrogens is 403 g/mol. The third kappa shape index (κ3) is 6.28. The summed E-state index contributed by atoms with van der Waals surface area (Å²) < 4.78 is 61.5. The van der Waals surface area contributed by atoms with Gasteiger partial charge in [-0.3, -0.25) is 0 Å². The number of halogens is 3. The highest BCUT2D eigenvalue weighted by atomic mass is 32.2. The molecule has 0 saturated carbocycles. The van der Waals surface area contributed by atoms with Gasteiger partial charge in [-0.25, -0.2) is 8.42 Å². The van der Waals surface area contributed by atoms with E-state index in [1.165, 1.54) is 23.2 Å². The van der Waals surface area contributed by atoms with E-state index in [1.54, 1.807) is 0 Å². The predicted molar refractivity (Wildman–Crippen MR) is 109 cm³/mol. The fourth-order valence-corrected chi connectivity index (χ4v) is 3.93. The maximum Gasteiger partial charge on any atom is 0.485 e. The van der Waals surface area contributed by atoms with Crippen molar-refractivity contribution in [1.82, 2.24) is 0 Å². The van der Waals surface area contributed by atoms with Crippen LogP contribution in [0.4, 0.5) is 18.9 Å². The molecule has 0 amide bonds. The Kier molecular flexibility index (Phi) is 7.40. The van der Waals surface area contributed by atoms with E-state index in [4.69, 9.17) is 13.0 Å². The molecule has 1 aromatic carbocycles. The summed E-state index contributed by atoms with van der Waals surface area (Å²) in [7, 11) is -6.09. The molecule has 1 heterocycles. The van der Waals surface area contributed by atoms with E-state index in [-0.39, 0.29) is 11.0 Å². The van der Waals surface area contributed by atoms with Gasteiger partial charge in [0.25, 0.3) is 0 Å². The molecule has 166 valence electrons. The molecule has 1 aromatic rings. The van der Waals surface area contributed by atoms with E-state index < -0.39 is 15.6 Å². The first kappa shape index (κ1) is 25.6. The lowest BCUT2D eigenvalue weighted by atomic mass is 9.84. The number of benzene rings is 1. The lowest BCUT2D eigenvalue weighted by Crippen LogP contribution is -2.30. The molecule has 1 aliphatic rings. The molecule has 0 N–H and O–H groups in total. The van der Waals surface area contributed by atoms with Crippen molar-refractivity contribution in [3.63, 3.8) is 0 Å². The summed E-state index contributed by atoms with van der Waals surface area (Å²) in [5.74, 6) is 1.10. The zero-order valence-corrected chi connectivity index (χ0v) is 19.2. The van der Waals surface area contributed by atoms with Gasteiger partial charge >= 0.3 is 5.51 Å². The van der Waals surface area contributed by atoms with Gasteiger partial charge in [0.2, 0.25) is 5.69 Å². The average molecular weight is 436 g/mol. The monoisotopic (exact) mass is 435 g/mol. The molecule has 29 heavy (non-hydrogen) atoms. The Hall–Kier alpha value is -1.41. The third-order valence-corrected chi connectivity index (χ3v) is 5.45. The van der Waals surface area contributed by atoms with Crippen molar-refractivity contribution >= 4 is 22.0 Å². The summed E-state index contributed by atoms with van der Waals surface area (Å²) in [5, 5.41) is 0. The van der Waals surface area contributed by atoms with Gasteiger partial charge in [0, 0.05) is 36.8 Å². The van der Waals surface area contributed by atoms with Crippen LogP contribution in [0.3, 0.4) is 0 Å². The number of hydrogen-bond donors (Lipinski definition) is 0.